The SMILES string of the molecule is CCOCCCNC(=NC)NCc1ccnc(N(C)C)c1. The maximum absolute atomic E-state index is 5.30. The van der Waals surface area contributed by atoms with Crippen molar-refractivity contribution in [1.29, 1.82) is 0 Å². The summed E-state index contributed by atoms with van der Waals surface area (Å²) in [6.45, 7) is 5.11. The van der Waals surface area contributed by atoms with Crippen molar-refractivity contribution in [2.45, 2.75) is 19.9 Å². The number of nitrogens with one attached hydrogen (secondary N) is 2. The molecule has 0 spiro atoms. The topological polar surface area (TPSA) is 61.8 Å². The lowest BCUT2D eigenvalue weighted by atomic mass is 10.2. The fourth-order valence-electron chi connectivity index (χ4n) is 1.75. The monoisotopic (exact) mass is 293 g/mol. The summed E-state index contributed by atoms with van der Waals surface area (Å²) in [5.74, 6) is 1.75. The summed E-state index contributed by atoms with van der Waals surface area (Å²) in [4.78, 5) is 10.5. The van der Waals surface area contributed by atoms with E-state index in [1.165, 1.54) is 5.56 Å². The number of guanidine groups is 1. The maximum atomic E-state index is 5.30. The van der Waals surface area contributed by atoms with Crippen LogP contribution in [0.4, 0.5) is 5.82 Å². The Hall–Kier alpha value is -1.82. The van der Waals surface area contributed by atoms with Crippen molar-refractivity contribution in [3.05, 3.63) is 23.9 Å². The number of rotatable bonds is 8. The fourth-order valence-corrected chi connectivity index (χ4v) is 1.75. The van der Waals surface area contributed by atoms with Crippen molar-refractivity contribution >= 4 is 11.8 Å². The van der Waals surface area contributed by atoms with E-state index >= 15 is 0 Å². The molecule has 0 bridgehead atoms. The van der Waals surface area contributed by atoms with E-state index in [-0.39, 0.29) is 0 Å². The van der Waals surface area contributed by atoms with Crippen molar-refractivity contribution in [3.63, 3.8) is 0 Å². The number of aliphatic imine (C=N–C) groups is 1. The largest absolute Gasteiger partial charge is 0.382 e. The molecule has 6 heteroatoms. The zero-order valence-electron chi connectivity index (χ0n) is 13.5. The summed E-state index contributed by atoms with van der Waals surface area (Å²) >= 11 is 0. The molecule has 0 saturated heterocycles. The van der Waals surface area contributed by atoms with Crippen LogP contribution in [-0.2, 0) is 11.3 Å². The van der Waals surface area contributed by atoms with E-state index < -0.39 is 0 Å². The molecule has 0 aliphatic rings. The third-order valence-electron chi connectivity index (χ3n) is 2.91. The van der Waals surface area contributed by atoms with E-state index in [9.17, 15) is 0 Å². The summed E-state index contributed by atoms with van der Waals surface area (Å²) in [5.41, 5.74) is 1.17. The van der Waals surface area contributed by atoms with Crippen LogP contribution in [0.1, 0.15) is 18.9 Å². The van der Waals surface area contributed by atoms with E-state index in [4.69, 9.17) is 4.74 Å². The van der Waals surface area contributed by atoms with Gasteiger partial charge in [0.2, 0.25) is 0 Å². The molecule has 0 aromatic carbocycles. The van der Waals surface area contributed by atoms with Crippen molar-refractivity contribution in [1.82, 2.24) is 15.6 Å². The molecule has 1 rings (SSSR count). The van der Waals surface area contributed by atoms with Gasteiger partial charge in [0, 0.05) is 53.6 Å². The average molecular weight is 293 g/mol. The average Bonchev–Trinajstić information content (AvgIpc) is 2.50. The van der Waals surface area contributed by atoms with Crippen molar-refractivity contribution in [2.75, 3.05) is 45.8 Å². The maximum Gasteiger partial charge on any atom is 0.191 e. The Morgan fingerprint density at radius 1 is 1.38 bits per heavy atom. The molecule has 0 unspecified atom stereocenters. The highest BCUT2D eigenvalue weighted by Crippen LogP contribution is 2.08. The Morgan fingerprint density at radius 2 is 2.19 bits per heavy atom. The first kappa shape index (κ1) is 17.2. The van der Waals surface area contributed by atoms with Crippen LogP contribution in [0, 0.1) is 0 Å². The molecule has 0 aliphatic carbocycles. The Morgan fingerprint density at radius 3 is 2.86 bits per heavy atom. The van der Waals surface area contributed by atoms with Crippen LogP contribution in [0.2, 0.25) is 0 Å². The van der Waals surface area contributed by atoms with Crippen LogP contribution >= 0.6 is 0 Å². The minimum atomic E-state index is 0.717. The van der Waals surface area contributed by atoms with Gasteiger partial charge in [0.25, 0.3) is 0 Å². The Kier molecular flexibility index (Phi) is 8.19. The zero-order chi connectivity index (χ0) is 15.5. The first-order valence-corrected chi connectivity index (χ1v) is 7.32. The normalized spacial score (nSPS) is 11.3. The highest BCUT2D eigenvalue weighted by Gasteiger charge is 2.01. The van der Waals surface area contributed by atoms with Crippen molar-refractivity contribution < 1.29 is 4.74 Å². The molecule has 1 heterocycles. The van der Waals surface area contributed by atoms with E-state index in [1.54, 1.807) is 7.05 Å². The molecule has 0 radical (unpaired) electrons. The Bertz CT molecular complexity index is 434. The number of ether oxygens (including phenoxy) is 1. The molecule has 118 valence electrons. The van der Waals surface area contributed by atoms with E-state index in [1.807, 2.05) is 38.2 Å². The number of aromatic nitrogens is 1. The molecule has 1 aromatic rings. The van der Waals surface area contributed by atoms with Gasteiger partial charge < -0.3 is 20.3 Å². The number of nitrogens with zero attached hydrogens (tertiary/aromatic N) is 3. The quantitative estimate of drug-likeness (QED) is 0.429. The minimum absolute atomic E-state index is 0.717. The smallest absolute Gasteiger partial charge is 0.191 e. The third-order valence-corrected chi connectivity index (χ3v) is 2.91. The van der Waals surface area contributed by atoms with Gasteiger partial charge in [-0.2, -0.15) is 0 Å². The molecule has 21 heavy (non-hydrogen) atoms. The lowest BCUT2D eigenvalue weighted by molar-refractivity contribution is 0.145. The van der Waals surface area contributed by atoms with Gasteiger partial charge in [-0.05, 0) is 31.0 Å². The standard InChI is InChI=1S/C15H27N5O/c1-5-21-10-6-8-18-15(16-2)19-12-13-7-9-17-14(11-13)20(3)4/h7,9,11H,5-6,8,10,12H2,1-4H3,(H2,16,18,19). The van der Waals surface area contributed by atoms with Crippen molar-refractivity contribution in [3.8, 4) is 0 Å². The summed E-state index contributed by atoms with van der Waals surface area (Å²) < 4.78 is 5.30. The van der Waals surface area contributed by atoms with Gasteiger partial charge in [0.1, 0.15) is 5.82 Å². The van der Waals surface area contributed by atoms with Gasteiger partial charge in [-0.25, -0.2) is 4.98 Å². The van der Waals surface area contributed by atoms with Gasteiger partial charge in [-0.1, -0.05) is 0 Å². The van der Waals surface area contributed by atoms with Crippen LogP contribution in [0.5, 0.6) is 0 Å². The third kappa shape index (κ3) is 6.94. The van der Waals surface area contributed by atoms with E-state index in [2.05, 4.69) is 26.7 Å². The molecular weight excluding hydrogens is 266 g/mol. The molecule has 0 atom stereocenters. The molecule has 0 aliphatic heterocycles. The van der Waals surface area contributed by atoms with Gasteiger partial charge in [0.05, 0.1) is 0 Å². The van der Waals surface area contributed by atoms with Crippen LogP contribution in [-0.4, -0.2) is 51.8 Å². The second kappa shape index (κ2) is 9.99. The lowest BCUT2D eigenvalue weighted by Crippen LogP contribution is -2.37. The number of hydrogen-bond donors (Lipinski definition) is 2. The van der Waals surface area contributed by atoms with Crippen LogP contribution < -0.4 is 15.5 Å². The fraction of sp³-hybridized carbons (Fsp3) is 0.600. The van der Waals surface area contributed by atoms with Crippen LogP contribution in [0.15, 0.2) is 23.3 Å². The summed E-state index contributed by atoms with van der Waals surface area (Å²) in [6, 6.07) is 4.07. The highest BCUT2D eigenvalue weighted by molar-refractivity contribution is 5.79. The van der Waals surface area contributed by atoms with Gasteiger partial charge in [0.15, 0.2) is 5.96 Å². The van der Waals surface area contributed by atoms with Gasteiger partial charge in [-0.15, -0.1) is 0 Å². The molecule has 1 aromatic heterocycles. The summed E-state index contributed by atoms with van der Waals surface area (Å²) in [7, 11) is 5.74. The molecular formula is C15H27N5O. The predicted molar refractivity (Wildman–Crippen MR) is 87.9 cm³/mol. The summed E-state index contributed by atoms with van der Waals surface area (Å²) in [5, 5.41) is 6.56. The molecule has 0 saturated carbocycles. The molecule has 0 fully saturated rings. The number of hydrogen-bond acceptors (Lipinski definition) is 4. The lowest BCUT2D eigenvalue weighted by Gasteiger charge is -2.14. The second-order valence-electron chi connectivity index (χ2n) is 4.82. The molecule has 0 amide bonds. The van der Waals surface area contributed by atoms with E-state index in [0.29, 0.717) is 6.54 Å². The van der Waals surface area contributed by atoms with E-state index in [0.717, 1.165) is 38.0 Å². The number of anilines is 1. The Balaban J connectivity index is 2.36. The van der Waals surface area contributed by atoms with Gasteiger partial charge >= 0.3 is 0 Å². The molecule has 6 nitrogen and oxygen atoms in total. The Labute approximate surface area is 127 Å². The first-order valence-electron chi connectivity index (χ1n) is 7.32. The van der Waals surface area contributed by atoms with Crippen LogP contribution in [0.25, 0.3) is 0 Å². The van der Waals surface area contributed by atoms with Crippen LogP contribution in [0.3, 0.4) is 0 Å². The molecule has 2 N–H and O–H groups in total. The van der Waals surface area contributed by atoms with Crippen molar-refractivity contribution in [2.24, 2.45) is 4.99 Å². The predicted octanol–water partition coefficient (Wildman–Crippen LogP) is 1.24. The summed E-state index contributed by atoms with van der Waals surface area (Å²) in [6.07, 6.45) is 2.79. The highest BCUT2D eigenvalue weighted by atomic mass is 16.5. The number of pyridine rings is 1. The van der Waals surface area contributed by atoms with Gasteiger partial charge in [-0.3, -0.25) is 4.99 Å². The zero-order valence-corrected chi connectivity index (χ0v) is 13.5. The second-order valence-corrected chi connectivity index (χ2v) is 4.82. The minimum Gasteiger partial charge on any atom is -0.382 e. The first-order chi connectivity index (χ1) is 10.2.